The van der Waals surface area contributed by atoms with Gasteiger partial charge in [-0.3, -0.25) is 4.79 Å². The van der Waals surface area contributed by atoms with Crippen LogP contribution in [0.2, 0.25) is 0 Å². The number of amides is 1. The summed E-state index contributed by atoms with van der Waals surface area (Å²) in [4.78, 5) is 27.1. The second-order valence-electron chi connectivity index (χ2n) is 7.72. The first-order chi connectivity index (χ1) is 13.8. The van der Waals surface area contributed by atoms with Gasteiger partial charge in [0.1, 0.15) is 11.5 Å². The first-order valence-electron chi connectivity index (χ1n) is 10.1. The zero-order valence-electron chi connectivity index (χ0n) is 17.3. The van der Waals surface area contributed by atoms with Gasteiger partial charge in [0, 0.05) is 31.6 Å². The fourth-order valence-corrected chi connectivity index (χ4v) is 3.49. The van der Waals surface area contributed by atoms with E-state index in [0.29, 0.717) is 25.4 Å². The van der Waals surface area contributed by atoms with Crippen molar-refractivity contribution in [3.8, 4) is 0 Å². The number of hydrogen-bond acceptors (Lipinski definition) is 7. The van der Waals surface area contributed by atoms with Crippen LogP contribution in [0.5, 0.6) is 0 Å². The van der Waals surface area contributed by atoms with E-state index in [-0.39, 0.29) is 24.0 Å². The third-order valence-electron chi connectivity index (χ3n) is 5.08. The van der Waals surface area contributed by atoms with Crippen molar-refractivity contribution in [2.45, 2.75) is 58.7 Å². The van der Waals surface area contributed by atoms with E-state index in [1.54, 1.807) is 11.1 Å². The van der Waals surface area contributed by atoms with Gasteiger partial charge in [-0.2, -0.15) is 0 Å². The summed E-state index contributed by atoms with van der Waals surface area (Å²) in [5, 5.41) is 8.78. The van der Waals surface area contributed by atoms with Crippen LogP contribution in [-0.2, 0) is 17.7 Å². The molecule has 3 N–H and O–H groups in total. The number of hydrogen-bond donors (Lipinski definition) is 2. The van der Waals surface area contributed by atoms with Crippen molar-refractivity contribution in [1.82, 2.24) is 24.4 Å². The highest BCUT2D eigenvalue weighted by molar-refractivity contribution is 5.92. The molecular formula is C20H30N6O3. The normalized spacial score (nSPS) is 18.8. The summed E-state index contributed by atoms with van der Waals surface area (Å²) in [7, 11) is 0. The van der Waals surface area contributed by atoms with Crippen molar-refractivity contribution in [1.29, 1.82) is 0 Å². The van der Waals surface area contributed by atoms with Crippen LogP contribution in [0, 0.1) is 6.92 Å². The number of imidazole rings is 1. The average molecular weight is 402 g/mol. The molecule has 0 aromatic carbocycles. The lowest BCUT2D eigenvalue weighted by atomic mass is 10.1. The van der Waals surface area contributed by atoms with Crippen LogP contribution >= 0.6 is 0 Å². The molecule has 2 aromatic rings. The lowest BCUT2D eigenvalue weighted by Gasteiger charge is -2.27. The highest BCUT2D eigenvalue weighted by Gasteiger charge is 2.25. The minimum atomic E-state index is -0.186. The van der Waals surface area contributed by atoms with E-state index >= 15 is 0 Å². The molecule has 29 heavy (non-hydrogen) atoms. The third kappa shape index (κ3) is 5.30. The lowest BCUT2D eigenvalue weighted by Crippen LogP contribution is -2.36. The molecular weight excluding hydrogens is 372 g/mol. The highest BCUT2D eigenvalue weighted by Crippen LogP contribution is 2.19. The van der Waals surface area contributed by atoms with Gasteiger partial charge >= 0.3 is 0 Å². The maximum Gasteiger partial charge on any atom is 0.274 e. The fraction of sp³-hybridized carbons (Fsp3) is 0.600. The van der Waals surface area contributed by atoms with Crippen molar-refractivity contribution < 1.29 is 14.6 Å². The third-order valence-corrected chi connectivity index (χ3v) is 5.08. The molecule has 2 aliphatic heterocycles. The molecule has 9 nitrogen and oxygen atoms in total. The predicted octanol–water partition coefficient (Wildman–Crippen LogP) is 1.50. The Labute approximate surface area is 170 Å². The predicted molar refractivity (Wildman–Crippen MR) is 108 cm³/mol. The summed E-state index contributed by atoms with van der Waals surface area (Å²) in [5.74, 6) is 1.03. The number of aliphatic hydroxyl groups is 1. The van der Waals surface area contributed by atoms with Gasteiger partial charge in [0.2, 0.25) is 5.95 Å². The smallest absolute Gasteiger partial charge is 0.274 e. The second-order valence-corrected chi connectivity index (χ2v) is 7.72. The number of fused-ring (bicyclic) bond motifs is 1. The monoisotopic (exact) mass is 402 g/mol. The molecule has 158 valence electrons. The van der Waals surface area contributed by atoms with Crippen LogP contribution in [-0.4, -0.2) is 61.3 Å². The van der Waals surface area contributed by atoms with Gasteiger partial charge in [0.15, 0.2) is 0 Å². The van der Waals surface area contributed by atoms with Crippen LogP contribution in [0.25, 0.3) is 0 Å². The van der Waals surface area contributed by atoms with E-state index in [0.717, 1.165) is 43.0 Å². The first-order valence-corrected chi connectivity index (χ1v) is 10.1. The summed E-state index contributed by atoms with van der Waals surface area (Å²) in [6, 6.07) is 0.281. The Morgan fingerprint density at radius 1 is 1.38 bits per heavy atom. The number of carbonyl (C=O) groups excluding carboxylic acids is 1. The molecule has 0 saturated carbocycles. The zero-order valence-corrected chi connectivity index (χ0v) is 17.3. The van der Waals surface area contributed by atoms with E-state index in [4.69, 9.17) is 15.6 Å². The van der Waals surface area contributed by atoms with E-state index in [2.05, 4.69) is 28.8 Å². The van der Waals surface area contributed by atoms with Gasteiger partial charge in [0.25, 0.3) is 5.91 Å². The number of rotatable bonds is 2. The van der Waals surface area contributed by atoms with Gasteiger partial charge in [-0.15, -0.1) is 0 Å². The number of nitrogen functional groups attached to an aromatic ring is 1. The van der Waals surface area contributed by atoms with Crippen molar-refractivity contribution in [3.05, 3.63) is 35.2 Å². The van der Waals surface area contributed by atoms with Crippen molar-refractivity contribution in [2.75, 3.05) is 25.5 Å². The molecule has 0 aliphatic carbocycles. The Balaban J connectivity index is 0.000000290. The van der Waals surface area contributed by atoms with Crippen LogP contribution in [0.1, 0.15) is 60.3 Å². The molecule has 4 rings (SSSR count). The molecule has 1 saturated heterocycles. The average Bonchev–Trinajstić information content (AvgIpc) is 3.10. The van der Waals surface area contributed by atoms with Crippen LogP contribution in [0.4, 0.5) is 5.95 Å². The largest absolute Gasteiger partial charge is 0.391 e. The number of aromatic nitrogens is 4. The molecule has 1 unspecified atom stereocenters. The maximum atomic E-state index is 12.7. The number of carbonyl (C=O) groups is 1. The molecule has 4 heterocycles. The van der Waals surface area contributed by atoms with Gasteiger partial charge < -0.3 is 25.0 Å². The quantitative estimate of drug-likeness (QED) is 0.781. The van der Waals surface area contributed by atoms with Crippen LogP contribution in [0.15, 0.2) is 12.4 Å². The molecule has 2 aromatic heterocycles. The standard InChI is InChI=1S/C15H20N6O.C5H10O2/c1-9(2)21-8-13(18-10(21)3)14(22)20-5-4-11-6-17-15(16)19-12(11)7-20;6-5-2-1-3-7-4-5/h6,8-9H,4-5,7H2,1-3H3,(H2,16,17,19);5-6H,1-4H2. The summed E-state index contributed by atoms with van der Waals surface area (Å²) < 4.78 is 6.94. The Morgan fingerprint density at radius 3 is 2.76 bits per heavy atom. The Hall–Kier alpha value is -2.52. The van der Waals surface area contributed by atoms with E-state index in [1.165, 1.54) is 0 Å². The van der Waals surface area contributed by atoms with Crippen LogP contribution in [0.3, 0.4) is 0 Å². The topological polar surface area (TPSA) is 119 Å². The molecule has 1 atom stereocenters. The summed E-state index contributed by atoms with van der Waals surface area (Å²) in [6.45, 7) is 8.52. The van der Waals surface area contributed by atoms with E-state index < -0.39 is 0 Å². The number of aliphatic hydroxyl groups excluding tert-OH is 1. The van der Waals surface area contributed by atoms with E-state index in [9.17, 15) is 4.79 Å². The SMILES string of the molecule is Cc1nc(C(=O)N2CCc3cnc(N)nc3C2)cn1C(C)C.OC1CCCOC1. The number of aryl methyl sites for hydroxylation is 1. The molecule has 9 heteroatoms. The maximum absolute atomic E-state index is 12.7. The molecule has 0 spiro atoms. The molecule has 2 aliphatic rings. The number of nitrogens with zero attached hydrogens (tertiary/aromatic N) is 5. The summed E-state index contributed by atoms with van der Waals surface area (Å²) >= 11 is 0. The van der Waals surface area contributed by atoms with Gasteiger partial charge in [-0.05, 0) is 45.6 Å². The minimum absolute atomic E-state index is 0.0645. The Bertz CT molecular complexity index is 845. The first kappa shape index (κ1) is 21.2. The van der Waals surface area contributed by atoms with Crippen molar-refractivity contribution in [3.63, 3.8) is 0 Å². The van der Waals surface area contributed by atoms with Gasteiger partial charge in [-0.1, -0.05) is 0 Å². The van der Waals surface area contributed by atoms with Crippen molar-refractivity contribution in [2.24, 2.45) is 0 Å². The number of nitrogens with two attached hydrogens (primary N) is 1. The zero-order chi connectivity index (χ0) is 21.0. The fourth-order valence-electron chi connectivity index (χ4n) is 3.49. The van der Waals surface area contributed by atoms with E-state index in [1.807, 2.05) is 17.7 Å². The number of anilines is 1. The Morgan fingerprint density at radius 2 is 2.17 bits per heavy atom. The van der Waals surface area contributed by atoms with Crippen molar-refractivity contribution >= 4 is 11.9 Å². The van der Waals surface area contributed by atoms with Gasteiger partial charge in [0.05, 0.1) is 24.9 Å². The Kier molecular flexibility index (Phi) is 6.81. The highest BCUT2D eigenvalue weighted by atomic mass is 16.5. The number of ether oxygens (including phenoxy) is 1. The van der Waals surface area contributed by atoms with Gasteiger partial charge in [-0.25, -0.2) is 15.0 Å². The summed E-state index contributed by atoms with van der Waals surface area (Å²) in [6.07, 6.45) is 6.06. The lowest BCUT2D eigenvalue weighted by molar-refractivity contribution is -0.00535. The van der Waals surface area contributed by atoms with Crippen LogP contribution < -0.4 is 5.73 Å². The molecule has 1 fully saturated rings. The molecule has 1 amide bonds. The second kappa shape index (κ2) is 9.32. The molecule has 0 radical (unpaired) electrons. The molecule has 0 bridgehead atoms. The summed E-state index contributed by atoms with van der Waals surface area (Å²) in [5.41, 5.74) is 8.00. The minimum Gasteiger partial charge on any atom is -0.391 e.